The van der Waals surface area contributed by atoms with Crippen molar-refractivity contribution in [2.45, 2.75) is 58.5 Å². The maximum Gasteiger partial charge on any atom is 0.310 e. The highest BCUT2D eigenvalue weighted by Crippen LogP contribution is 2.32. The van der Waals surface area contributed by atoms with Crippen LogP contribution in [-0.2, 0) is 16.0 Å². The van der Waals surface area contributed by atoms with Crippen LogP contribution in [0.2, 0.25) is 0 Å². The first-order valence-electron chi connectivity index (χ1n) is 8.51. The van der Waals surface area contributed by atoms with E-state index in [9.17, 15) is 4.79 Å². The number of hydrogen-bond acceptors (Lipinski definition) is 5. The van der Waals surface area contributed by atoms with Crippen LogP contribution in [-0.4, -0.2) is 32.2 Å². The van der Waals surface area contributed by atoms with Crippen molar-refractivity contribution in [2.24, 2.45) is 5.92 Å². The third-order valence-electron chi connectivity index (χ3n) is 3.85. The van der Waals surface area contributed by atoms with Crippen LogP contribution in [0.4, 0.5) is 0 Å². The third kappa shape index (κ3) is 5.92. The lowest BCUT2D eigenvalue weighted by Crippen LogP contribution is -2.33. The van der Waals surface area contributed by atoms with Crippen LogP contribution in [0, 0.1) is 5.92 Å². The molecule has 1 N–H and O–H groups in total. The van der Waals surface area contributed by atoms with Crippen molar-refractivity contribution in [1.82, 2.24) is 20.6 Å². The fourth-order valence-electron chi connectivity index (χ4n) is 2.84. The minimum absolute atomic E-state index is 0.168. The molecule has 1 aromatic heterocycles. The highest BCUT2D eigenvalue weighted by atomic mass is 79.9. The number of esters is 1. The molecule has 0 saturated carbocycles. The SMILES string of the molecule is CCC[C@H](C(=O)OC(C)(C)C)[C@H](Cc1cccc(Br)c1)c1nnn[nH]1. The molecule has 6 nitrogen and oxygen atoms in total. The normalized spacial score (nSPS) is 14.1. The van der Waals surface area contributed by atoms with E-state index in [0.29, 0.717) is 18.7 Å². The molecular weight excluding hydrogens is 384 g/mol. The molecule has 2 rings (SSSR count). The Morgan fingerprint density at radius 3 is 2.68 bits per heavy atom. The Morgan fingerprint density at radius 1 is 1.36 bits per heavy atom. The molecule has 0 aliphatic rings. The first-order chi connectivity index (χ1) is 11.8. The average Bonchev–Trinajstić information content (AvgIpc) is 3.03. The van der Waals surface area contributed by atoms with Crippen molar-refractivity contribution in [3.8, 4) is 0 Å². The molecule has 1 aromatic carbocycles. The van der Waals surface area contributed by atoms with Crippen LogP contribution in [0.15, 0.2) is 28.7 Å². The van der Waals surface area contributed by atoms with Crippen molar-refractivity contribution in [3.63, 3.8) is 0 Å². The number of aromatic nitrogens is 4. The Kier molecular flexibility index (Phi) is 6.70. The number of carbonyl (C=O) groups excluding carboxylic acids is 1. The number of hydrogen-bond donors (Lipinski definition) is 1. The molecule has 2 atom stereocenters. The molecule has 0 spiro atoms. The number of nitrogens with zero attached hydrogens (tertiary/aromatic N) is 3. The molecular formula is C18H25BrN4O2. The second-order valence-electron chi connectivity index (χ2n) is 7.16. The number of rotatable bonds is 7. The Balaban J connectivity index is 2.32. The second-order valence-corrected chi connectivity index (χ2v) is 8.07. The minimum Gasteiger partial charge on any atom is -0.460 e. The van der Waals surface area contributed by atoms with Gasteiger partial charge in [0.1, 0.15) is 5.60 Å². The van der Waals surface area contributed by atoms with Gasteiger partial charge in [0.2, 0.25) is 0 Å². The fourth-order valence-corrected chi connectivity index (χ4v) is 3.29. The van der Waals surface area contributed by atoms with Gasteiger partial charge in [-0.1, -0.05) is 41.4 Å². The summed E-state index contributed by atoms with van der Waals surface area (Å²) in [5.41, 5.74) is 0.587. The topological polar surface area (TPSA) is 80.8 Å². The van der Waals surface area contributed by atoms with Crippen LogP contribution in [0.5, 0.6) is 0 Å². The Hall–Kier alpha value is -1.76. The van der Waals surface area contributed by atoms with Gasteiger partial charge in [-0.2, -0.15) is 0 Å². The van der Waals surface area contributed by atoms with Gasteiger partial charge >= 0.3 is 5.97 Å². The summed E-state index contributed by atoms with van der Waals surface area (Å²) < 4.78 is 6.67. The van der Waals surface area contributed by atoms with Crippen LogP contribution < -0.4 is 0 Å². The van der Waals surface area contributed by atoms with Gasteiger partial charge < -0.3 is 4.74 Å². The number of nitrogens with one attached hydrogen (secondary N) is 1. The number of ether oxygens (including phenoxy) is 1. The van der Waals surface area contributed by atoms with E-state index in [1.807, 2.05) is 39.0 Å². The number of aromatic amines is 1. The molecule has 0 saturated heterocycles. The van der Waals surface area contributed by atoms with Gasteiger partial charge in [-0.3, -0.25) is 4.79 Å². The summed E-state index contributed by atoms with van der Waals surface area (Å²) in [6, 6.07) is 8.05. The Labute approximate surface area is 156 Å². The highest BCUT2D eigenvalue weighted by Gasteiger charge is 2.34. The van der Waals surface area contributed by atoms with Gasteiger partial charge in [0.05, 0.1) is 5.92 Å². The largest absolute Gasteiger partial charge is 0.460 e. The lowest BCUT2D eigenvalue weighted by Gasteiger charge is -2.28. The smallest absolute Gasteiger partial charge is 0.310 e. The summed E-state index contributed by atoms with van der Waals surface area (Å²) in [6.07, 6.45) is 2.25. The summed E-state index contributed by atoms with van der Waals surface area (Å²) in [4.78, 5) is 12.8. The second kappa shape index (κ2) is 8.56. The molecule has 0 aliphatic heterocycles. The first-order valence-corrected chi connectivity index (χ1v) is 9.30. The van der Waals surface area contributed by atoms with Crippen molar-refractivity contribution in [1.29, 1.82) is 0 Å². The molecule has 0 amide bonds. The molecule has 0 fully saturated rings. The maximum atomic E-state index is 12.8. The standard InChI is InChI=1S/C18H25BrN4O2/c1-5-7-14(17(24)25-18(2,3)4)15(16-20-22-23-21-16)11-12-8-6-9-13(19)10-12/h6,8-10,14-15H,5,7,11H2,1-4H3,(H,20,21,22,23)/t14-,15-/m0/s1. The molecule has 0 aliphatic carbocycles. The van der Waals surface area contributed by atoms with Crippen molar-refractivity contribution < 1.29 is 9.53 Å². The van der Waals surface area contributed by atoms with Crippen molar-refractivity contribution >= 4 is 21.9 Å². The van der Waals surface area contributed by atoms with E-state index in [4.69, 9.17) is 4.74 Å². The zero-order valence-corrected chi connectivity index (χ0v) is 16.7. The lowest BCUT2D eigenvalue weighted by atomic mass is 9.83. The van der Waals surface area contributed by atoms with Crippen LogP contribution in [0.3, 0.4) is 0 Å². The minimum atomic E-state index is -0.525. The summed E-state index contributed by atoms with van der Waals surface area (Å²) in [6.45, 7) is 7.71. The third-order valence-corrected chi connectivity index (χ3v) is 4.35. The predicted octanol–water partition coefficient (Wildman–Crippen LogP) is 4.05. The first kappa shape index (κ1) is 19.6. The molecule has 136 valence electrons. The summed E-state index contributed by atoms with van der Waals surface area (Å²) in [5.74, 6) is -0.0629. The van der Waals surface area contributed by atoms with E-state index in [2.05, 4.69) is 49.5 Å². The lowest BCUT2D eigenvalue weighted by molar-refractivity contribution is -0.161. The Bertz CT molecular complexity index is 683. The van der Waals surface area contributed by atoms with E-state index in [1.54, 1.807) is 0 Å². The number of tetrazole rings is 1. The number of carbonyl (C=O) groups is 1. The molecule has 1 heterocycles. The molecule has 0 unspecified atom stereocenters. The van der Waals surface area contributed by atoms with Crippen molar-refractivity contribution in [2.75, 3.05) is 0 Å². The van der Waals surface area contributed by atoms with Gasteiger partial charge in [-0.15, -0.1) is 5.10 Å². The van der Waals surface area contributed by atoms with E-state index in [-0.39, 0.29) is 17.8 Å². The highest BCUT2D eigenvalue weighted by molar-refractivity contribution is 9.10. The van der Waals surface area contributed by atoms with E-state index in [0.717, 1.165) is 16.5 Å². The van der Waals surface area contributed by atoms with E-state index < -0.39 is 5.60 Å². The van der Waals surface area contributed by atoms with E-state index in [1.165, 1.54) is 0 Å². The summed E-state index contributed by atoms with van der Waals surface area (Å²) in [7, 11) is 0. The summed E-state index contributed by atoms with van der Waals surface area (Å²) >= 11 is 3.50. The number of benzene rings is 1. The van der Waals surface area contributed by atoms with Gasteiger partial charge in [0, 0.05) is 10.4 Å². The van der Waals surface area contributed by atoms with Gasteiger partial charge in [0.15, 0.2) is 5.82 Å². The van der Waals surface area contributed by atoms with Gasteiger partial charge in [0.25, 0.3) is 0 Å². The average molecular weight is 409 g/mol. The van der Waals surface area contributed by atoms with Crippen LogP contribution >= 0.6 is 15.9 Å². The zero-order chi connectivity index (χ0) is 18.4. The number of H-pyrrole nitrogens is 1. The van der Waals surface area contributed by atoms with Gasteiger partial charge in [-0.25, -0.2) is 5.10 Å². The van der Waals surface area contributed by atoms with Crippen molar-refractivity contribution in [3.05, 3.63) is 40.1 Å². The van der Waals surface area contributed by atoms with E-state index >= 15 is 0 Å². The number of halogens is 1. The fraction of sp³-hybridized carbons (Fsp3) is 0.556. The molecule has 2 aromatic rings. The molecule has 0 radical (unpaired) electrons. The molecule has 25 heavy (non-hydrogen) atoms. The molecule has 7 heteroatoms. The van der Waals surface area contributed by atoms with Crippen LogP contribution in [0.1, 0.15) is 57.8 Å². The van der Waals surface area contributed by atoms with Gasteiger partial charge in [-0.05, 0) is 61.7 Å². The quantitative estimate of drug-likeness (QED) is 0.698. The Morgan fingerprint density at radius 2 is 2.12 bits per heavy atom. The predicted molar refractivity (Wildman–Crippen MR) is 99.0 cm³/mol. The van der Waals surface area contributed by atoms with Crippen LogP contribution in [0.25, 0.3) is 0 Å². The zero-order valence-electron chi connectivity index (χ0n) is 15.1. The maximum absolute atomic E-state index is 12.8. The monoisotopic (exact) mass is 408 g/mol. The molecule has 0 bridgehead atoms. The summed E-state index contributed by atoms with van der Waals surface area (Å²) in [5, 5.41) is 14.3.